The number of hydrogen-bond acceptors (Lipinski definition) is 4. The molecule has 0 saturated carbocycles. The molecule has 0 aliphatic heterocycles. The number of nitrogens with zero attached hydrogens (tertiary/aromatic N) is 1. The Morgan fingerprint density at radius 1 is 0.900 bits per heavy atom. The minimum Gasteiger partial charge on any atom is -0.346 e. The summed E-state index contributed by atoms with van der Waals surface area (Å²) in [5, 5.41) is 8.27. The van der Waals surface area contributed by atoms with E-state index >= 15 is 0 Å². The van der Waals surface area contributed by atoms with Gasteiger partial charge in [-0.3, -0.25) is 19.3 Å². The molecule has 0 aliphatic rings. The third-order valence-corrected chi connectivity index (χ3v) is 4.94. The number of hydrogen-bond donors (Lipinski definition) is 3. The Morgan fingerprint density at radius 3 is 2.10 bits per heavy atom. The standard InChI is InChI=1S/C23H30N4O3/c1-15-9-11-19(12-10-15)25-21(29)14-27(5)18(4)23(30)24-13-20(28)26-22-16(2)7-6-8-17(22)3/h6-12,18H,13-14H2,1-5H3,(H,24,30)(H,25,29)(H,26,28). The van der Waals surface area contributed by atoms with E-state index in [4.69, 9.17) is 0 Å². The molecule has 2 aromatic rings. The average Bonchev–Trinajstić information content (AvgIpc) is 2.70. The fraction of sp³-hybridized carbons (Fsp3) is 0.348. The van der Waals surface area contributed by atoms with Crippen LogP contribution in [0.25, 0.3) is 0 Å². The van der Waals surface area contributed by atoms with Gasteiger partial charge < -0.3 is 16.0 Å². The summed E-state index contributed by atoms with van der Waals surface area (Å²) in [6, 6.07) is 12.7. The van der Waals surface area contributed by atoms with Crippen molar-refractivity contribution in [1.82, 2.24) is 10.2 Å². The number of nitrogens with one attached hydrogen (secondary N) is 3. The van der Waals surface area contributed by atoms with Crippen molar-refractivity contribution in [2.45, 2.75) is 33.7 Å². The van der Waals surface area contributed by atoms with E-state index < -0.39 is 6.04 Å². The second kappa shape index (κ2) is 10.5. The summed E-state index contributed by atoms with van der Waals surface area (Å²) < 4.78 is 0. The minimum absolute atomic E-state index is 0.0526. The van der Waals surface area contributed by atoms with Crippen LogP contribution in [0, 0.1) is 20.8 Å². The van der Waals surface area contributed by atoms with Gasteiger partial charge in [0.05, 0.1) is 19.1 Å². The van der Waals surface area contributed by atoms with E-state index in [1.807, 2.05) is 63.2 Å². The Morgan fingerprint density at radius 2 is 1.50 bits per heavy atom. The van der Waals surface area contributed by atoms with Gasteiger partial charge in [-0.05, 0) is 58.0 Å². The molecule has 160 valence electrons. The summed E-state index contributed by atoms with van der Waals surface area (Å²) in [5.41, 5.74) is 4.50. The lowest BCUT2D eigenvalue weighted by Gasteiger charge is -2.23. The monoisotopic (exact) mass is 410 g/mol. The quantitative estimate of drug-likeness (QED) is 0.624. The smallest absolute Gasteiger partial charge is 0.243 e. The molecule has 2 aromatic carbocycles. The van der Waals surface area contributed by atoms with Gasteiger partial charge in [-0.25, -0.2) is 0 Å². The van der Waals surface area contributed by atoms with Gasteiger partial charge in [-0.15, -0.1) is 0 Å². The number of benzene rings is 2. The number of carbonyl (C=O) groups excluding carboxylic acids is 3. The molecule has 0 saturated heterocycles. The molecule has 0 aromatic heterocycles. The van der Waals surface area contributed by atoms with Gasteiger partial charge in [0.2, 0.25) is 17.7 Å². The number of anilines is 2. The number of amides is 3. The van der Waals surface area contributed by atoms with Crippen molar-refractivity contribution in [1.29, 1.82) is 0 Å². The van der Waals surface area contributed by atoms with E-state index in [2.05, 4.69) is 16.0 Å². The molecule has 30 heavy (non-hydrogen) atoms. The molecule has 0 spiro atoms. The lowest BCUT2D eigenvalue weighted by atomic mass is 10.1. The van der Waals surface area contributed by atoms with E-state index in [0.717, 1.165) is 22.4 Å². The Balaban J connectivity index is 1.80. The van der Waals surface area contributed by atoms with Crippen molar-refractivity contribution in [3.63, 3.8) is 0 Å². The summed E-state index contributed by atoms with van der Waals surface area (Å²) in [6.45, 7) is 7.41. The molecule has 2 rings (SSSR count). The Bertz CT molecular complexity index is 889. The molecule has 0 bridgehead atoms. The van der Waals surface area contributed by atoms with Crippen LogP contribution in [0.1, 0.15) is 23.6 Å². The van der Waals surface area contributed by atoms with Gasteiger partial charge in [0.25, 0.3) is 0 Å². The van der Waals surface area contributed by atoms with Crippen molar-refractivity contribution < 1.29 is 14.4 Å². The Hall–Kier alpha value is -3.19. The summed E-state index contributed by atoms with van der Waals surface area (Å²) in [4.78, 5) is 38.4. The molecule has 0 heterocycles. The summed E-state index contributed by atoms with van der Waals surface area (Å²) in [6.07, 6.45) is 0. The first-order chi connectivity index (χ1) is 14.2. The first-order valence-corrected chi connectivity index (χ1v) is 9.88. The summed E-state index contributed by atoms with van der Waals surface area (Å²) in [7, 11) is 1.69. The second-order valence-corrected chi connectivity index (χ2v) is 7.54. The van der Waals surface area contributed by atoms with E-state index in [0.29, 0.717) is 5.69 Å². The lowest BCUT2D eigenvalue weighted by molar-refractivity contribution is -0.128. The summed E-state index contributed by atoms with van der Waals surface area (Å²) in [5.74, 6) is -0.834. The zero-order valence-corrected chi connectivity index (χ0v) is 18.2. The third-order valence-electron chi connectivity index (χ3n) is 4.94. The Labute approximate surface area is 177 Å². The fourth-order valence-corrected chi connectivity index (χ4v) is 2.91. The van der Waals surface area contributed by atoms with Gasteiger partial charge in [0.15, 0.2) is 0 Å². The predicted octanol–water partition coefficient (Wildman–Crippen LogP) is 2.63. The van der Waals surface area contributed by atoms with Gasteiger partial charge in [-0.1, -0.05) is 35.9 Å². The maximum absolute atomic E-state index is 12.4. The number of likely N-dealkylation sites (N-methyl/N-ethyl adjacent to an activating group) is 1. The average molecular weight is 411 g/mol. The largest absolute Gasteiger partial charge is 0.346 e. The van der Waals surface area contributed by atoms with Crippen LogP contribution in [0.4, 0.5) is 11.4 Å². The van der Waals surface area contributed by atoms with Crippen molar-refractivity contribution in [2.75, 3.05) is 30.8 Å². The number of carbonyl (C=O) groups is 3. The van der Waals surface area contributed by atoms with Crippen molar-refractivity contribution in [3.05, 3.63) is 59.2 Å². The van der Waals surface area contributed by atoms with Crippen LogP contribution in [0.2, 0.25) is 0 Å². The van der Waals surface area contributed by atoms with E-state index in [1.54, 1.807) is 18.9 Å². The van der Waals surface area contributed by atoms with Crippen LogP contribution in [0.3, 0.4) is 0 Å². The van der Waals surface area contributed by atoms with Crippen LogP contribution in [0.5, 0.6) is 0 Å². The number of para-hydroxylation sites is 1. The normalized spacial score (nSPS) is 11.7. The van der Waals surface area contributed by atoms with Crippen molar-refractivity contribution >= 4 is 29.1 Å². The molecule has 7 heteroatoms. The third kappa shape index (κ3) is 6.70. The van der Waals surface area contributed by atoms with Gasteiger partial charge in [0.1, 0.15) is 0 Å². The SMILES string of the molecule is Cc1ccc(NC(=O)CN(C)C(C)C(=O)NCC(=O)Nc2c(C)cccc2C)cc1. The van der Waals surface area contributed by atoms with Crippen LogP contribution >= 0.6 is 0 Å². The highest BCUT2D eigenvalue weighted by molar-refractivity contribution is 5.96. The number of aryl methyl sites for hydroxylation is 3. The topological polar surface area (TPSA) is 90.5 Å². The van der Waals surface area contributed by atoms with E-state index in [1.165, 1.54) is 0 Å². The second-order valence-electron chi connectivity index (χ2n) is 7.54. The van der Waals surface area contributed by atoms with Crippen LogP contribution in [-0.2, 0) is 14.4 Å². The van der Waals surface area contributed by atoms with Gasteiger partial charge in [-0.2, -0.15) is 0 Å². The molecule has 3 N–H and O–H groups in total. The van der Waals surface area contributed by atoms with Crippen LogP contribution in [-0.4, -0.2) is 48.8 Å². The first kappa shape index (κ1) is 23.1. The highest BCUT2D eigenvalue weighted by Crippen LogP contribution is 2.19. The fourth-order valence-electron chi connectivity index (χ4n) is 2.91. The molecule has 1 atom stereocenters. The van der Waals surface area contributed by atoms with Crippen molar-refractivity contribution in [2.24, 2.45) is 0 Å². The predicted molar refractivity (Wildman–Crippen MR) is 119 cm³/mol. The maximum atomic E-state index is 12.4. The van der Waals surface area contributed by atoms with Gasteiger partial charge in [0, 0.05) is 11.4 Å². The van der Waals surface area contributed by atoms with E-state index in [-0.39, 0.29) is 30.8 Å². The molecular formula is C23H30N4O3. The molecule has 7 nitrogen and oxygen atoms in total. The molecule has 0 aliphatic carbocycles. The number of rotatable bonds is 8. The van der Waals surface area contributed by atoms with Gasteiger partial charge >= 0.3 is 0 Å². The minimum atomic E-state index is -0.568. The van der Waals surface area contributed by atoms with Crippen molar-refractivity contribution in [3.8, 4) is 0 Å². The Kier molecular flexibility index (Phi) is 8.12. The zero-order chi connectivity index (χ0) is 22.3. The zero-order valence-electron chi connectivity index (χ0n) is 18.2. The molecular weight excluding hydrogens is 380 g/mol. The molecule has 0 radical (unpaired) electrons. The maximum Gasteiger partial charge on any atom is 0.243 e. The highest BCUT2D eigenvalue weighted by Gasteiger charge is 2.21. The molecule has 0 fully saturated rings. The highest BCUT2D eigenvalue weighted by atomic mass is 16.2. The summed E-state index contributed by atoms with van der Waals surface area (Å²) >= 11 is 0. The van der Waals surface area contributed by atoms with Crippen LogP contribution < -0.4 is 16.0 Å². The van der Waals surface area contributed by atoms with E-state index in [9.17, 15) is 14.4 Å². The lowest BCUT2D eigenvalue weighted by Crippen LogP contribution is -2.47. The molecule has 1 unspecified atom stereocenters. The molecule has 3 amide bonds. The van der Waals surface area contributed by atoms with Crippen LogP contribution in [0.15, 0.2) is 42.5 Å². The first-order valence-electron chi connectivity index (χ1n) is 9.88.